The number of carbonyl (C=O) groups is 1. The third-order valence-corrected chi connectivity index (χ3v) is 7.40. The summed E-state index contributed by atoms with van der Waals surface area (Å²) in [6, 6.07) is 15.2. The summed E-state index contributed by atoms with van der Waals surface area (Å²) in [6.45, 7) is 1.55. The van der Waals surface area contributed by atoms with E-state index < -0.39 is 15.7 Å². The van der Waals surface area contributed by atoms with Crippen LogP contribution >= 0.6 is 0 Å². The van der Waals surface area contributed by atoms with Gasteiger partial charge in [-0.3, -0.25) is 4.79 Å². The second kappa shape index (κ2) is 7.20. The van der Waals surface area contributed by atoms with Gasteiger partial charge in [0.15, 0.2) is 0 Å². The zero-order valence-corrected chi connectivity index (χ0v) is 16.3. The molecule has 2 aliphatic heterocycles. The lowest BCUT2D eigenvalue weighted by Gasteiger charge is -2.42. The molecule has 2 aromatic rings. The van der Waals surface area contributed by atoms with E-state index in [0.717, 1.165) is 0 Å². The first-order valence-corrected chi connectivity index (χ1v) is 10.7. The molecule has 2 aliphatic rings. The molecule has 2 fully saturated rings. The summed E-state index contributed by atoms with van der Waals surface area (Å²) >= 11 is 0. The van der Waals surface area contributed by atoms with Crippen molar-refractivity contribution < 1.29 is 17.9 Å². The van der Waals surface area contributed by atoms with E-state index in [1.807, 2.05) is 0 Å². The molecule has 1 spiro atoms. The van der Waals surface area contributed by atoms with Crippen molar-refractivity contribution in [3.8, 4) is 0 Å². The molecule has 1 amide bonds. The SMILES string of the molecule is Nc1ccc(C(=O)N2CCC3(CC2)OCCN3S(=O)(=O)c2ccccc2)cc1. The average molecular weight is 401 g/mol. The quantitative estimate of drug-likeness (QED) is 0.793. The van der Waals surface area contributed by atoms with Crippen molar-refractivity contribution in [2.24, 2.45) is 0 Å². The van der Waals surface area contributed by atoms with Gasteiger partial charge in [-0.05, 0) is 36.4 Å². The normalized spacial score (nSPS) is 19.8. The van der Waals surface area contributed by atoms with Crippen molar-refractivity contribution in [3.05, 3.63) is 60.2 Å². The maximum Gasteiger partial charge on any atom is 0.253 e. The first-order chi connectivity index (χ1) is 13.4. The number of hydrogen-bond donors (Lipinski definition) is 1. The van der Waals surface area contributed by atoms with Crippen molar-refractivity contribution in [1.82, 2.24) is 9.21 Å². The van der Waals surface area contributed by atoms with Crippen LogP contribution in [0.1, 0.15) is 23.2 Å². The van der Waals surface area contributed by atoms with E-state index in [-0.39, 0.29) is 10.8 Å². The van der Waals surface area contributed by atoms with E-state index in [2.05, 4.69) is 0 Å². The van der Waals surface area contributed by atoms with E-state index >= 15 is 0 Å². The zero-order chi connectivity index (χ0) is 19.8. The summed E-state index contributed by atoms with van der Waals surface area (Å²) in [5.74, 6) is -0.0784. The molecule has 0 bridgehead atoms. The second-order valence-corrected chi connectivity index (χ2v) is 8.96. The highest BCUT2D eigenvalue weighted by atomic mass is 32.2. The molecule has 4 rings (SSSR count). The standard InChI is InChI=1S/C20H23N3O4S/c21-17-8-6-16(7-9-17)19(24)22-12-10-20(11-13-22)23(14-15-27-20)28(25,26)18-4-2-1-3-5-18/h1-9H,10-15,21H2. The van der Waals surface area contributed by atoms with Crippen LogP contribution in [-0.4, -0.2) is 55.5 Å². The Kier molecular flexibility index (Phi) is 4.86. The average Bonchev–Trinajstić information content (AvgIpc) is 3.13. The van der Waals surface area contributed by atoms with Gasteiger partial charge in [-0.15, -0.1) is 0 Å². The summed E-state index contributed by atoms with van der Waals surface area (Å²) in [4.78, 5) is 14.7. The Morgan fingerprint density at radius 3 is 2.25 bits per heavy atom. The van der Waals surface area contributed by atoms with E-state index in [9.17, 15) is 13.2 Å². The summed E-state index contributed by atoms with van der Waals surface area (Å²) in [7, 11) is -3.65. The fourth-order valence-corrected chi connectivity index (χ4v) is 5.66. The highest BCUT2D eigenvalue weighted by Crippen LogP contribution is 2.38. The molecule has 0 aromatic heterocycles. The van der Waals surface area contributed by atoms with Crippen LogP contribution in [0.25, 0.3) is 0 Å². The molecule has 148 valence electrons. The Balaban J connectivity index is 1.51. The van der Waals surface area contributed by atoms with Gasteiger partial charge in [-0.25, -0.2) is 8.42 Å². The number of rotatable bonds is 3. The van der Waals surface area contributed by atoms with Crippen LogP contribution in [0.4, 0.5) is 5.69 Å². The summed E-state index contributed by atoms with van der Waals surface area (Å²) in [5.41, 5.74) is 5.98. The minimum atomic E-state index is -3.65. The third-order valence-electron chi connectivity index (χ3n) is 5.44. The molecule has 2 heterocycles. The number of carbonyl (C=O) groups excluding carboxylic acids is 1. The fraction of sp³-hybridized carbons (Fsp3) is 0.350. The van der Waals surface area contributed by atoms with Crippen LogP contribution in [0.5, 0.6) is 0 Å². The number of nitrogen functional groups attached to an aromatic ring is 1. The number of likely N-dealkylation sites (tertiary alicyclic amines) is 1. The monoisotopic (exact) mass is 401 g/mol. The smallest absolute Gasteiger partial charge is 0.253 e. The van der Waals surface area contributed by atoms with Crippen molar-refractivity contribution in [2.75, 3.05) is 32.0 Å². The van der Waals surface area contributed by atoms with Gasteiger partial charge in [0.05, 0.1) is 11.5 Å². The Hall–Kier alpha value is -2.42. The van der Waals surface area contributed by atoms with Crippen LogP contribution < -0.4 is 5.73 Å². The third kappa shape index (κ3) is 3.28. The predicted molar refractivity (Wildman–Crippen MR) is 105 cm³/mol. The number of piperidine rings is 1. The number of sulfonamides is 1. The Bertz CT molecular complexity index is 953. The number of hydrogen-bond acceptors (Lipinski definition) is 5. The number of nitrogens with zero attached hydrogens (tertiary/aromatic N) is 2. The summed E-state index contributed by atoms with van der Waals surface area (Å²) < 4.78 is 33.7. The van der Waals surface area contributed by atoms with Crippen LogP contribution in [0.15, 0.2) is 59.5 Å². The van der Waals surface area contributed by atoms with Crippen molar-refractivity contribution in [2.45, 2.75) is 23.5 Å². The number of amides is 1. The first-order valence-electron chi connectivity index (χ1n) is 9.29. The van der Waals surface area contributed by atoms with E-state index in [1.165, 1.54) is 4.31 Å². The summed E-state index contributed by atoms with van der Waals surface area (Å²) in [5, 5.41) is 0. The van der Waals surface area contributed by atoms with Gasteiger partial charge in [-0.2, -0.15) is 4.31 Å². The zero-order valence-electron chi connectivity index (χ0n) is 15.5. The lowest BCUT2D eigenvalue weighted by Crippen LogP contribution is -2.55. The predicted octanol–water partition coefficient (Wildman–Crippen LogP) is 1.92. The largest absolute Gasteiger partial charge is 0.399 e. The molecule has 2 aromatic carbocycles. The van der Waals surface area contributed by atoms with Crippen molar-refractivity contribution in [3.63, 3.8) is 0 Å². The van der Waals surface area contributed by atoms with E-state index in [4.69, 9.17) is 10.5 Å². The molecule has 2 saturated heterocycles. The van der Waals surface area contributed by atoms with Crippen LogP contribution in [-0.2, 0) is 14.8 Å². The Labute approximate surface area is 164 Å². The van der Waals surface area contributed by atoms with Gasteiger partial charge < -0.3 is 15.4 Å². The van der Waals surface area contributed by atoms with Gasteiger partial charge in [-0.1, -0.05) is 18.2 Å². The molecule has 28 heavy (non-hydrogen) atoms. The summed E-state index contributed by atoms with van der Waals surface area (Å²) in [6.07, 6.45) is 0.888. The first kappa shape index (κ1) is 18.9. The van der Waals surface area contributed by atoms with E-state index in [1.54, 1.807) is 59.5 Å². The molecule has 7 nitrogen and oxygen atoms in total. The molecular weight excluding hydrogens is 378 g/mol. The molecule has 0 unspecified atom stereocenters. The number of nitrogens with two attached hydrogens (primary N) is 1. The van der Waals surface area contributed by atoms with Crippen molar-refractivity contribution in [1.29, 1.82) is 0 Å². The van der Waals surface area contributed by atoms with Crippen LogP contribution in [0, 0.1) is 0 Å². The molecule has 2 N–H and O–H groups in total. The number of anilines is 1. The number of ether oxygens (including phenoxy) is 1. The highest BCUT2D eigenvalue weighted by molar-refractivity contribution is 7.89. The topological polar surface area (TPSA) is 92.9 Å². The maximum atomic E-state index is 13.1. The fourth-order valence-electron chi connectivity index (χ4n) is 3.91. The van der Waals surface area contributed by atoms with Gasteiger partial charge >= 0.3 is 0 Å². The van der Waals surface area contributed by atoms with Gasteiger partial charge in [0, 0.05) is 43.7 Å². The van der Waals surface area contributed by atoms with Gasteiger partial charge in [0.1, 0.15) is 5.72 Å². The number of benzene rings is 2. The minimum absolute atomic E-state index is 0.0784. The second-order valence-electron chi connectivity index (χ2n) is 7.10. The molecule has 0 saturated carbocycles. The molecular formula is C20H23N3O4S. The van der Waals surface area contributed by atoms with Gasteiger partial charge in [0.25, 0.3) is 5.91 Å². The van der Waals surface area contributed by atoms with Crippen LogP contribution in [0.3, 0.4) is 0 Å². The lowest BCUT2D eigenvalue weighted by molar-refractivity contribution is -0.0857. The van der Waals surface area contributed by atoms with Crippen LogP contribution in [0.2, 0.25) is 0 Å². The van der Waals surface area contributed by atoms with E-state index in [0.29, 0.717) is 50.3 Å². The Morgan fingerprint density at radius 2 is 1.61 bits per heavy atom. The van der Waals surface area contributed by atoms with Crippen molar-refractivity contribution >= 4 is 21.6 Å². The molecule has 8 heteroatoms. The maximum absolute atomic E-state index is 13.1. The lowest BCUT2D eigenvalue weighted by atomic mass is 10.00. The Morgan fingerprint density at radius 1 is 0.964 bits per heavy atom. The molecule has 0 radical (unpaired) electrons. The highest BCUT2D eigenvalue weighted by Gasteiger charge is 2.50. The molecule has 0 aliphatic carbocycles. The molecule has 0 atom stereocenters. The van der Waals surface area contributed by atoms with Gasteiger partial charge in [0.2, 0.25) is 10.0 Å². The minimum Gasteiger partial charge on any atom is -0.399 e.